The largest absolute Gasteiger partial charge is 0.496 e. The van der Waals surface area contributed by atoms with Crippen LogP contribution in [0.4, 0.5) is 0 Å². The molecule has 4 aromatic rings. The summed E-state index contributed by atoms with van der Waals surface area (Å²) < 4.78 is 15.1. The highest BCUT2D eigenvalue weighted by atomic mass is 16.5. The summed E-state index contributed by atoms with van der Waals surface area (Å²) in [5.74, 6) is 1.17. The number of carbonyl (C=O) groups excluding carboxylic acids is 1. The fourth-order valence-electron chi connectivity index (χ4n) is 5.11. The van der Waals surface area contributed by atoms with Crippen molar-refractivity contribution in [1.29, 1.82) is 0 Å². The number of fused-ring (bicyclic) bond motifs is 1. The zero-order valence-corrected chi connectivity index (χ0v) is 20.4. The Morgan fingerprint density at radius 3 is 2.49 bits per heavy atom. The minimum Gasteiger partial charge on any atom is -0.496 e. The Morgan fingerprint density at radius 2 is 1.83 bits per heavy atom. The third kappa shape index (κ3) is 4.41. The molecule has 0 saturated heterocycles. The van der Waals surface area contributed by atoms with Gasteiger partial charge in [-0.3, -0.25) is 14.0 Å². The Morgan fingerprint density at radius 1 is 1.09 bits per heavy atom. The van der Waals surface area contributed by atoms with Gasteiger partial charge in [-0.2, -0.15) is 5.10 Å². The Kier molecular flexibility index (Phi) is 6.30. The SMILES string of the molecule is COc1cc(-n2cnc3cc(-c4cnn(C)c4)ccc32)cc(OC)c1C(=O)C[C@H]1CCCC[C@H]1N. The van der Waals surface area contributed by atoms with Crippen molar-refractivity contribution in [2.75, 3.05) is 14.2 Å². The van der Waals surface area contributed by atoms with Crippen LogP contribution in [0, 0.1) is 5.92 Å². The number of hydrogen-bond donors (Lipinski definition) is 1. The van der Waals surface area contributed by atoms with Gasteiger partial charge in [0.2, 0.25) is 0 Å². The maximum absolute atomic E-state index is 13.4. The second kappa shape index (κ2) is 9.54. The quantitative estimate of drug-likeness (QED) is 0.396. The molecule has 1 fully saturated rings. The molecule has 0 aliphatic heterocycles. The van der Waals surface area contributed by atoms with Crippen LogP contribution in [0.25, 0.3) is 27.8 Å². The minimum atomic E-state index is 0.00389. The molecule has 0 radical (unpaired) electrons. The van der Waals surface area contributed by atoms with E-state index in [1.54, 1.807) is 25.2 Å². The first-order valence-corrected chi connectivity index (χ1v) is 12.0. The Labute approximate surface area is 204 Å². The van der Waals surface area contributed by atoms with Crippen LogP contribution >= 0.6 is 0 Å². The highest BCUT2D eigenvalue weighted by molar-refractivity contribution is 6.02. The molecule has 1 saturated carbocycles. The van der Waals surface area contributed by atoms with Crippen LogP contribution in [0.1, 0.15) is 42.5 Å². The molecule has 8 heteroatoms. The third-order valence-corrected chi connectivity index (χ3v) is 7.05. The van der Waals surface area contributed by atoms with E-state index in [-0.39, 0.29) is 17.7 Å². The summed E-state index contributed by atoms with van der Waals surface area (Å²) in [6.07, 6.45) is 10.2. The van der Waals surface area contributed by atoms with E-state index in [9.17, 15) is 4.79 Å². The molecule has 8 nitrogen and oxygen atoms in total. The monoisotopic (exact) mass is 473 g/mol. The van der Waals surface area contributed by atoms with Crippen LogP contribution in [0.5, 0.6) is 11.5 Å². The van der Waals surface area contributed by atoms with Gasteiger partial charge in [0.25, 0.3) is 0 Å². The lowest BCUT2D eigenvalue weighted by Gasteiger charge is -2.28. The number of nitrogens with two attached hydrogens (primary N) is 1. The van der Waals surface area contributed by atoms with Crippen molar-refractivity contribution in [3.8, 4) is 28.3 Å². The first-order chi connectivity index (χ1) is 17.0. The molecule has 2 heterocycles. The predicted molar refractivity (Wildman–Crippen MR) is 135 cm³/mol. The van der Waals surface area contributed by atoms with Gasteiger partial charge in [-0.05, 0) is 36.5 Å². The molecule has 2 N–H and O–H groups in total. The number of hydrogen-bond acceptors (Lipinski definition) is 6. The number of rotatable bonds is 7. The van der Waals surface area contributed by atoms with Gasteiger partial charge in [-0.25, -0.2) is 4.98 Å². The molecular weight excluding hydrogens is 442 g/mol. The molecule has 35 heavy (non-hydrogen) atoms. The molecule has 2 atom stereocenters. The van der Waals surface area contributed by atoms with Crippen LogP contribution in [0.2, 0.25) is 0 Å². The van der Waals surface area contributed by atoms with Crippen LogP contribution in [-0.4, -0.2) is 45.4 Å². The number of aryl methyl sites for hydroxylation is 1. The van der Waals surface area contributed by atoms with E-state index in [2.05, 4.69) is 16.1 Å². The lowest BCUT2D eigenvalue weighted by Crippen LogP contribution is -2.34. The number of methoxy groups -OCH3 is 2. The molecule has 1 aliphatic rings. The average molecular weight is 474 g/mol. The standard InChI is InChI=1S/C27H31N5O3/c1-31-15-19(14-30-31)17-8-9-23-22(10-17)29-16-32(23)20-12-25(34-2)27(26(13-20)35-3)24(33)11-18-6-4-5-7-21(18)28/h8-10,12-16,18,21H,4-7,11,28H2,1-3H3/t18-,21-/m1/s1. The summed E-state index contributed by atoms with van der Waals surface area (Å²) in [5, 5.41) is 4.26. The minimum absolute atomic E-state index is 0.00389. The van der Waals surface area contributed by atoms with Crippen LogP contribution in [0.3, 0.4) is 0 Å². The van der Waals surface area contributed by atoms with Crippen molar-refractivity contribution in [2.24, 2.45) is 18.7 Å². The summed E-state index contributed by atoms with van der Waals surface area (Å²) >= 11 is 0. The highest BCUT2D eigenvalue weighted by Gasteiger charge is 2.28. The molecule has 0 spiro atoms. The molecule has 0 amide bonds. The zero-order valence-electron chi connectivity index (χ0n) is 20.4. The van der Waals surface area contributed by atoms with E-state index in [0.717, 1.165) is 53.5 Å². The van der Waals surface area contributed by atoms with E-state index in [0.29, 0.717) is 23.5 Å². The topological polar surface area (TPSA) is 97.2 Å². The van der Waals surface area contributed by atoms with Crippen LogP contribution < -0.4 is 15.2 Å². The van der Waals surface area contributed by atoms with Gasteiger partial charge in [-0.1, -0.05) is 18.9 Å². The van der Waals surface area contributed by atoms with Crippen molar-refractivity contribution in [1.82, 2.24) is 19.3 Å². The zero-order chi connectivity index (χ0) is 24.5. The molecular formula is C27H31N5O3. The van der Waals surface area contributed by atoms with E-state index in [1.165, 1.54) is 0 Å². The van der Waals surface area contributed by atoms with Gasteiger partial charge in [-0.15, -0.1) is 0 Å². The van der Waals surface area contributed by atoms with Crippen LogP contribution in [0.15, 0.2) is 49.1 Å². The van der Waals surface area contributed by atoms with Gasteiger partial charge < -0.3 is 15.2 Å². The Bertz CT molecular complexity index is 1350. The molecule has 0 bridgehead atoms. The maximum atomic E-state index is 13.4. The number of benzene rings is 2. The molecule has 2 aromatic carbocycles. The number of ether oxygens (including phenoxy) is 2. The summed E-state index contributed by atoms with van der Waals surface area (Å²) in [7, 11) is 5.05. The van der Waals surface area contributed by atoms with E-state index in [4.69, 9.17) is 15.2 Å². The second-order valence-corrected chi connectivity index (χ2v) is 9.28. The fourth-order valence-corrected chi connectivity index (χ4v) is 5.11. The van der Waals surface area contributed by atoms with Gasteiger partial charge in [0.05, 0.1) is 37.1 Å². The summed E-state index contributed by atoms with van der Waals surface area (Å²) in [6.45, 7) is 0. The Hall–Kier alpha value is -3.65. The van der Waals surface area contributed by atoms with E-state index in [1.807, 2.05) is 48.3 Å². The van der Waals surface area contributed by atoms with Gasteiger partial charge in [0, 0.05) is 43.4 Å². The lowest BCUT2D eigenvalue weighted by atomic mass is 9.81. The van der Waals surface area contributed by atoms with Gasteiger partial charge >= 0.3 is 0 Å². The number of carbonyl (C=O) groups is 1. The van der Waals surface area contributed by atoms with Crippen LogP contribution in [-0.2, 0) is 7.05 Å². The summed E-state index contributed by atoms with van der Waals surface area (Å²) in [5.41, 5.74) is 11.5. The van der Waals surface area contributed by atoms with Crippen molar-refractivity contribution >= 4 is 16.8 Å². The van der Waals surface area contributed by atoms with E-state index >= 15 is 0 Å². The second-order valence-electron chi connectivity index (χ2n) is 9.28. The third-order valence-electron chi connectivity index (χ3n) is 7.05. The molecule has 1 aliphatic carbocycles. The number of aromatic nitrogens is 4. The molecule has 2 aromatic heterocycles. The van der Waals surface area contributed by atoms with Crippen molar-refractivity contribution in [3.05, 3.63) is 54.6 Å². The average Bonchev–Trinajstić information content (AvgIpc) is 3.50. The molecule has 182 valence electrons. The molecule has 5 rings (SSSR count). The predicted octanol–water partition coefficient (Wildman–Crippen LogP) is 4.53. The van der Waals surface area contributed by atoms with Crippen molar-refractivity contribution in [3.63, 3.8) is 0 Å². The van der Waals surface area contributed by atoms with Crippen molar-refractivity contribution in [2.45, 2.75) is 38.1 Å². The first kappa shape index (κ1) is 23.1. The first-order valence-electron chi connectivity index (χ1n) is 12.0. The molecule has 0 unspecified atom stereocenters. The normalized spacial score (nSPS) is 18.1. The fraction of sp³-hybridized carbons (Fsp3) is 0.370. The van der Waals surface area contributed by atoms with Crippen molar-refractivity contribution < 1.29 is 14.3 Å². The lowest BCUT2D eigenvalue weighted by molar-refractivity contribution is 0.0936. The van der Waals surface area contributed by atoms with Gasteiger partial charge in [0.1, 0.15) is 23.4 Å². The highest BCUT2D eigenvalue weighted by Crippen LogP contribution is 2.37. The number of ketones is 1. The summed E-state index contributed by atoms with van der Waals surface area (Å²) in [6, 6.07) is 9.93. The summed E-state index contributed by atoms with van der Waals surface area (Å²) in [4.78, 5) is 18.0. The Balaban J connectivity index is 1.50. The number of nitrogens with zero attached hydrogens (tertiary/aromatic N) is 4. The van der Waals surface area contributed by atoms with Gasteiger partial charge in [0.15, 0.2) is 5.78 Å². The van der Waals surface area contributed by atoms with E-state index < -0.39 is 0 Å². The smallest absolute Gasteiger partial charge is 0.170 e. The maximum Gasteiger partial charge on any atom is 0.170 e. The number of Topliss-reactive ketones (excluding diaryl/α,β-unsaturated/α-hetero) is 1. The number of imidazole rings is 1.